The first kappa shape index (κ1) is 18.9. The lowest BCUT2D eigenvalue weighted by Gasteiger charge is -2.12. The van der Waals surface area contributed by atoms with E-state index in [4.69, 9.17) is 0 Å². The minimum atomic E-state index is -0.480. The molecule has 2 aromatic carbocycles. The van der Waals surface area contributed by atoms with E-state index in [1.807, 2.05) is 30.3 Å². The molecule has 0 saturated carbocycles. The van der Waals surface area contributed by atoms with E-state index in [-0.39, 0.29) is 23.2 Å². The molecule has 1 aliphatic rings. The highest BCUT2D eigenvalue weighted by Gasteiger charge is 2.28. The van der Waals surface area contributed by atoms with Crippen molar-refractivity contribution in [2.45, 2.75) is 0 Å². The first-order chi connectivity index (χ1) is 14.1. The average Bonchev–Trinajstić information content (AvgIpc) is 3.28. The van der Waals surface area contributed by atoms with Crippen LogP contribution in [0.5, 0.6) is 0 Å². The van der Waals surface area contributed by atoms with Crippen molar-refractivity contribution in [2.75, 3.05) is 12.3 Å². The van der Waals surface area contributed by atoms with Crippen LogP contribution in [0.4, 0.5) is 4.39 Å². The van der Waals surface area contributed by atoms with Gasteiger partial charge in [0.25, 0.3) is 5.91 Å². The van der Waals surface area contributed by atoms with Crippen LogP contribution >= 0.6 is 11.8 Å². The number of nitrogens with zero attached hydrogens (tertiary/aromatic N) is 2. The van der Waals surface area contributed by atoms with Gasteiger partial charge in [-0.25, -0.2) is 9.82 Å². The Hall–Kier alpha value is -3.39. The molecular formula is C21H17FN4O2S. The number of amides is 2. The third-order valence-electron chi connectivity index (χ3n) is 4.47. The number of hydrogen-bond donors (Lipinski definition) is 2. The minimum Gasteiger partial charge on any atom is -0.350 e. The second-order valence-corrected chi connectivity index (χ2v) is 7.29. The highest BCUT2D eigenvalue weighted by molar-refractivity contribution is 8.15. The number of carbonyl (C=O) groups excluding carboxylic acids is 2. The molecule has 146 valence electrons. The van der Waals surface area contributed by atoms with Gasteiger partial charge in [0.1, 0.15) is 11.5 Å². The molecule has 6 nitrogen and oxygen atoms in total. The highest BCUT2D eigenvalue weighted by Crippen LogP contribution is 2.33. The maximum atomic E-state index is 13.9. The van der Waals surface area contributed by atoms with E-state index >= 15 is 0 Å². The normalized spacial score (nSPS) is 15.3. The summed E-state index contributed by atoms with van der Waals surface area (Å²) in [5.41, 5.74) is 4.79. The van der Waals surface area contributed by atoms with Gasteiger partial charge in [-0.05, 0) is 23.8 Å². The Balaban J connectivity index is 1.72. The van der Waals surface area contributed by atoms with Gasteiger partial charge >= 0.3 is 0 Å². The standard InChI is InChI=1S/C21H17FN4O2S/c1-2-10-26-17(27)12-29-21(26)25-24-20(28)19-18(13-6-4-3-5-7-13)15-11-14(22)8-9-16(15)23-19/h2-9,11,23H,1,10,12H2,(H,24,28)/b25-21-. The lowest BCUT2D eigenvalue weighted by molar-refractivity contribution is -0.123. The fourth-order valence-electron chi connectivity index (χ4n) is 3.18. The van der Waals surface area contributed by atoms with Crippen molar-refractivity contribution in [3.05, 3.63) is 72.7 Å². The Kier molecular flexibility index (Phi) is 5.18. The number of hydrogen-bond acceptors (Lipinski definition) is 4. The molecule has 2 heterocycles. The van der Waals surface area contributed by atoms with Crippen LogP contribution in [-0.4, -0.2) is 39.2 Å². The smallest absolute Gasteiger partial charge is 0.288 e. The first-order valence-corrected chi connectivity index (χ1v) is 9.86. The van der Waals surface area contributed by atoms with E-state index in [0.29, 0.717) is 28.2 Å². The molecule has 2 N–H and O–H groups in total. The number of aromatic amines is 1. The van der Waals surface area contributed by atoms with Gasteiger partial charge in [0.15, 0.2) is 5.17 Å². The van der Waals surface area contributed by atoms with Gasteiger partial charge in [-0.15, -0.1) is 11.7 Å². The number of halogens is 1. The van der Waals surface area contributed by atoms with Crippen LogP contribution in [0.1, 0.15) is 10.5 Å². The van der Waals surface area contributed by atoms with E-state index in [1.54, 1.807) is 12.1 Å². The van der Waals surface area contributed by atoms with Crippen molar-refractivity contribution in [1.82, 2.24) is 15.3 Å². The largest absolute Gasteiger partial charge is 0.350 e. The van der Waals surface area contributed by atoms with Crippen LogP contribution in [0, 0.1) is 5.82 Å². The number of benzene rings is 2. The molecule has 0 unspecified atom stereocenters. The summed E-state index contributed by atoms with van der Waals surface area (Å²) in [4.78, 5) is 29.3. The molecule has 0 spiro atoms. The third kappa shape index (κ3) is 3.66. The van der Waals surface area contributed by atoms with Crippen molar-refractivity contribution in [1.29, 1.82) is 0 Å². The van der Waals surface area contributed by atoms with Gasteiger partial charge in [0, 0.05) is 23.0 Å². The molecule has 8 heteroatoms. The Labute approximate surface area is 170 Å². The monoisotopic (exact) mass is 408 g/mol. The molecule has 1 fully saturated rings. The maximum Gasteiger partial charge on any atom is 0.288 e. The fourth-order valence-corrected chi connectivity index (χ4v) is 4.03. The Bertz CT molecular complexity index is 1140. The molecule has 0 bridgehead atoms. The van der Waals surface area contributed by atoms with E-state index in [9.17, 15) is 14.0 Å². The van der Waals surface area contributed by atoms with Crippen molar-refractivity contribution in [2.24, 2.45) is 5.10 Å². The summed E-state index contributed by atoms with van der Waals surface area (Å²) in [5.74, 6) is -0.689. The van der Waals surface area contributed by atoms with Crippen molar-refractivity contribution in [3.63, 3.8) is 0 Å². The molecule has 0 aliphatic carbocycles. The van der Waals surface area contributed by atoms with Crippen LogP contribution in [0.2, 0.25) is 0 Å². The lowest BCUT2D eigenvalue weighted by Crippen LogP contribution is -2.31. The summed E-state index contributed by atoms with van der Waals surface area (Å²) < 4.78 is 13.9. The van der Waals surface area contributed by atoms with Gasteiger partial charge in [-0.3, -0.25) is 14.5 Å². The van der Waals surface area contributed by atoms with Crippen LogP contribution in [0.25, 0.3) is 22.0 Å². The molecule has 4 rings (SSSR count). The Morgan fingerprint density at radius 3 is 2.86 bits per heavy atom. The van der Waals surface area contributed by atoms with Crippen LogP contribution in [-0.2, 0) is 4.79 Å². The third-order valence-corrected chi connectivity index (χ3v) is 5.43. The number of carbonyl (C=O) groups is 2. The van der Waals surface area contributed by atoms with Crippen LogP contribution in [0.15, 0.2) is 66.3 Å². The molecule has 3 aromatic rings. The Morgan fingerprint density at radius 1 is 1.31 bits per heavy atom. The molecule has 1 saturated heterocycles. The van der Waals surface area contributed by atoms with Crippen molar-refractivity contribution < 1.29 is 14.0 Å². The number of rotatable bonds is 5. The van der Waals surface area contributed by atoms with E-state index in [1.165, 1.54) is 28.8 Å². The van der Waals surface area contributed by atoms with Gasteiger partial charge in [0.2, 0.25) is 5.91 Å². The molecule has 2 amide bonds. The zero-order chi connectivity index (χ0) is 20.4. The number of aromatic nitrogens is 1. The summed E-state index contributed by atoms with van der Waals surface area (Å²) in [6.45, 7) is 3.95. The first-order valence-electron chi connectivity index (χ1n) is 8.87. The number of H-pyrrole nitrogens is 1. The summed E-state index contributed by atoms with van der Waals surface area (Å²) in [6.07, 6.45) is 1.60. The maximum absolute atomic E-state index is 13.9. The second-order valence-electron chi connectivity index (χ2n) is 6.35. The minimum absolute atomic E-state index is 0.0889. The lowest BCUT2D eigenvalue weighted by atomic mass is 10.0. The molecule has 1 aromatic heterocycles. The van der Waals surface area contributed by atoms with Gasteiger partial charge in [0.05, 0.1) is 5.75 Å². The summed E-state index contributed by atoms with van der Waals surface area (Å²) in [5, 5.41) is 5.13. The van der Waals surface area contributed by atoms with Gasteiger partial charge < -0.3 is 4.98 Å². The molecular weight excluding hydrogens is 391 g/mol. The number of thioether (sulfide) groups is 1. The van der Waals surface area contributed by atoms with Crippen LogP contribution in [0.3, 0.4) is 0 Å². The van der Waals surface area contributed by atoms with Gasteiger partial charge in [-0.2, -0.15) is 0 Å². The van der Waals surface area contributed by atoms with Gasteiger partial charge in [-0.1, -0.05) is 48.2 Å². The van der Waals surface area contributed by atoms with E-state index < -0.39 is 5.91 Å². The summed E-state index contributed by atoms with van der Waals surface area (Å²) in [6, 6.07) is 13.6. The van der Waals surface area contributed by atoms with Crippen molar-refractivity contribution in [3.8, 4) is 11.1 Å². The molecule has 0 atom stereocenters. The zero-order valence-corrected chi connectivity index (χ0v) is 16.1. The SMILES string of the molecule is C=CCN1C(=O)CS/C1=N\NC(=O)c1[nH]c2ccc(F)cc2c1-c1ccccc1. The zero-order valence-electron chi connectivity index (χ0n) is 15.3. The van der Waals surface area contributed by atoms with Crippen LogP contribution < -0.4 is 5.43 Å². The van der Waals surface area contributed by atoms with E-state index in [2.05, 4.69) is 22.1 Å². The fraction of sp³-hybridized carbons (Fsp3) is 0.0952. The number of fused-ring (bicyclic) bond motifs is 1. The number of nitrogens with one attached hydrogen (secondary N) is 2. The topological polar surface area (TPSA) is 77.6 Å². The average molecular weight is 408 g/mol. The number of amidine groups is 1. The second kappa shape index (κ2) is 7.92. The number of hydrazone groups is 1. The summed E-state index contributed by atoms with van der Waals surface area (Å²) in [7, 11) is 0. The molecule has 29 heavy (non-hydrogen) atoms. The highest BCUT2D eigenvalue weighted by atomic mass is 32.2. The predicted molar refractivity (Wildman–Crippen MR) is 113 cm³/mol. The van der Waals surface area contributed by atoms with E-state index in [0.717, 1.165) is 5.56 Å². The molecule has 0 radical (unpaired) electrons. The summed E-state index contributed by atoms with van der Waals surface area (Å²) >= 11 is 1.25. The Morgan fingerprint density at radius 2 is 2.10 bits per heavy atom. The van der Waals surface area contributed by atoms with Crippen molar-refractivity contribution >= 4 is 39.6 Å². The predicted octanol–water partition coefficient (Wildman–Crippen LogP) is 3.74. The molecule has 1 aliphatic heterocycles. The quantitative estimate of drug-likeness (QED) is 0.499.